The Balaban J connectivity index is 2.10. The zero-order chi connectivity index (χ0) is 19.3. The quantitative estimate of drug-likeness (QED) is 0.805. The summed E-state index contributed by atoms with van der Waals surface area (Å²) in [7, 11) is -3.69. The van der Waals surface area contributed by atoms with Gasteiger partial charge in [-0.15, -0.1) is 0 Å². The fourth-order valence-corrected chi connectivity index (χ4v) is 3.41. The van der Waals surface area contributed by atoms with Gasteiger partial charge in [-0.25, -0.2) is 12.8 Å². The first-order valence-corrected chi connectivity index (χ1v) is 10.2. The molecule has 5 nitrogen and oxygen atoms in total. The fraction of sp³-hybridized carbons (Fsp3) is 0.316. The number of carbonyl (C=O) groups excluding carboxylic acids is 1. The molecule has 0 aromatic heterocycles. The highest BCUT2D eigenvalue weighted by molar-refractivity contribution is 7.92. The second-order valence-corrected chi connectivity index (χ2v) is 8.04. The van der Waals surface area contributed by atoms with Crippen molar-refractivity contribution in [3.8, 4) is 0 Å². The summed E-state index contributed by atoms with van der Waals surface area (Å²) in [6.07, 6.45) is 1.94. The lowest BCUT2D eigenvalue weighted by atomic mass is 10.1. The highest BCUT2D eigenvalue weighted by Gasteiger charge is 2.22. The number of sulfonamides is 1. The van der Waals surface area contributed by atoms with Crippen molar-refractivity contribution in [2.45, 2.75) is 26.3 Å². The van der Waals surface area contributed by atoms with Crippen molar-refractivity contribution in [2.24, 2.45) is 0 Å². The molecular weight excluding hydrogens is 355 g/mol. The number of hydrogen-bond acceptors (Lipinski definition) is 3. The van der Waals surface area contributed by atoms with Crippen LogP contribution in [0.5, 0.6) is 0 Å². The molecule has 0 fully saturated rings. The van der Waals surface area contributed by atoms with Gasteiger partial charge in [0.1, 0.15) is 12.4 Å². The van der Waals surface area contributed by atoms with Crippen LogP contribution >= 0.6 is 0 Å². The van der Waals surface area contributed by atoms with Gasteiger partial charge in [0.25, 0.3) is 0 Å². The molecule has 2 rings (SSSR count). The summed E-state index contributed by atoms with van der Waals surface area (Å²) >= 11 is 0. The Morgan fingerprint density at radius 3 is 2.19 bits per heavy atom. The van der Waals surface area contributed by atoms with Crippen molar-refractivity contribution in [3.63, 3.8) is 0 Å². The number of benzene rings is 2. The standard InChI is InChI=1S/C19H23FN2O3S/c1-4-15-5-7-16(8-6-15)14(2)21-19(23)13-22(26(3,24)25)18-11-9-17(20)10-12-18/h5-12,14H,4,13H2,1-3H3,(H,21,23)/t14-/m1/s1. The first-order valence-electron chi connectivity index (χ1n) is 8.32. The molecule has 0 aliphatic heterocycles. The molecule has 7 heteroatoms. The Labute approximate surface area is 153 Å². The molecule has 1 amide bonds. The zero-order valence-corrected chi connectivity index (χ0v) is 15.9. The van der Waals surface area contributed by atoms with Gasteiger partial charge in [0, 0.05) is 0 Å². The smallest absolute Gasteiger partial charge is 0.241 e. The van der Waals surface area contributed by atoms with Gasteiger partial charge >= 0.3 is 0 Å². The van der Waals surface area contributed by atoms with Crippen molar-refractivity contribution < 1.29 is 17.6 Å². The van der Waals surface area contributed by atoms with Crippen LogP contribution in [-0.2, 0) is 21.2 Å². The van der Waals surface area contributed by atoms with E-state index in [0.29, 0.717) is 0 Å². The van der Waals surface area contributed by atoms with Crippen LogP contribution in [0.1, 0.15) is 31.0 Å². The van der Waals surface area contributed by atoms with Gasteiger partial charge in [0.15, 0.2) is 0 Å². The van der Waals surface area contributed by atoms with E-state index in [1.54, 1.807) is 0 Å². The predicted molar refractivity (Wildman–Crippen MR) is 101 cm³/mol. The van der Waals surface area contributed by atoms with Crippen LogP contribution in [-0.4, -0.2) is 27.1 Å². The molecule has 1 atom stereocenters. The minimum atomic E-state index is -3.69. The summed E-state index contributed by atoms with van der Waals surface area (Å²) < 4.78 is 38.1. The number of aryl methyl sites for hydroxylation is 1. The van der Waals surface area contributed by atoms with Crippen molar-refractivity contribution in [1.29, 1.82) is 0 Å². The van der Waals surface area contributed by atoms with E-state index in [4.69, 9.17) is 0 Å². The molecule has 0 saturated carbocycles. The number of nitrogens with one attached hydrogen (secondary N) is 1. The molecule has 0 aliphatic carbocycles. The van der Waals surface area contributed by atoms with Gasteiger partial charge in [0.05, 0.1) is 18.0 Å². The van der Waals surface area contributed by atoms with Crippen LogP contribution in [0.3, 0.4) is 0 Å². The Morgan fingerprint density at radius 1 is 1.12 bits per heavy atom. The van der Waals surface area contributed by atoms with Crippen molar-refractivity contribution >= 4 is 21.6 Å². The number of amides is 1. The lowest BCUT2D eigenvalue weighted by Gasteiger charge is -2.23. The third kappa shape index (κ3) is 5.29. The number of hydrogen-bond donors (Lipinski definition) is 1. The van der Waals surface area contributed by atoms with E-state index in [0.717, 1.165) is 34.7 Å². The molecular formula is C19H23FN2O3S. The SMILES string of the molecule is CCc1ccc([C@@H](C)NC(=O)CN(c2ccc(F)cc2)S(C)(=O)=O)cc1. The molecule has 0 heterocycles. The molecule has 0 spiro atoms. The molecule has 26 heavy (non-hydrogen) atoms. The Hall–Kier alpha value is -2.41. The molecule has 1 N–H and O–H groups in total. The van der Waals surface area contributed by atoms with E-state index >= 15 is 0 Å². The molecule has 140 valence electrons. The number of carbonyl (C=O) groups is 1. The fourth-order valence-electron chi connectivity index (χ4n) is 2.55. The number of nitrogens with zero attached hydrogens (tertiary/aromatic N) is 1. The maximum absolute atomic E-state index is 13.1. The van der Waals surface area contributed by atoms with Gasteiger partial charge in [-0.05, 0) is 48.7 Å². The summed E-state index contributed by atoms with van der Waals surface area (Å²) in [5.74, 6) is -0.914. The highest BCUT2D eigenvalue weighted by atomic mass is 32.2. The second-order valence-electron chi connectivity index (χ2n) is 6.13. The Morgan fingerprint density at radius 2 is 1.69 bits per heavy atom. The summed E-state index contributed by atoms with van der Waals surface area (Å²) in [6, 6.07) is 12.6. The Bertz CT molecular complexity index is 849. The Kier molecular flexibility index (Phi) is 6.37. The number of halogens is 1. The molecule has 2 aromatic rings. The predicted octanol–water partition coefficient (Wildman–Crippen LogP) is 3.03. The maximum atomic E-state index is 13.1. The van der Waals surface area contributed by atoms with E-state index < -0.39 is 21.7 Å². The van der Waals surface area contributed by atoms with Crippen LogP contribution in [0.2, 0.25) is 0 Å². The van der Waals surface area contributed by atoms with E-state index in [9.17, 15) is 17.6 Å². The van der Waals surface area contributed by atoms with Crippen LogP contribution in [0.15, 0.2) is 48.5 Å². The lowest BCUT2D eigenvalue weighted by molar-refractivity contribution is -0.120. The second kappa shape index (κ2) is 8.31. The molecule has 0 aliphatic rings. The number of anilines is 1. The lowest BCUT2D eigenvalue weighted by Crippen LogP contribution is -2.41. The first-order chi connectivity index (χ1) is 12.2. The van der Waals surface area contributed by atoms with Crippen molar-refractivity contribution in [1.82, 2.24) is 5.32 Å². The normalized spacial score (nSPS) is 12.5. The largest absolute Gasteiger partial charge is 0.348 e. The van der Waals surface area contributed by atoms with E-state index in [-0.39, 0.29) is 18.3 Å². The summed E-state index contributed by atoms with van der Waals surface area (Å²) in [6.45, 7) is 3.53. The third-order valence-electron chi connectivity index (χ3n) is 4.07. The van der Waals surface area contributed by atoms with Crippen LogP contribution in [0, 0.1) is 5.82 Å². The summed E-state index contributed by atoms with van der Waals surface area (Å²) in [4.78, 5) is 12.4. The molecule has 0 unspecified atom stereocenters. The average Bonchev–Trinajstić information content (AvgIpc) is 2.59. The summed E-state index contributed by atoms with van der Waals surface area (Å²) in [5.41, 5.74) is 2.37. The third-order valence-corrected chi connectivity index (χ3v) is 5.21. The van der Waals surface area contributed by atoms with Crippen LogP contribution in [0.4, 0.5) is 10.1 Å². The van der Waals surface area contributed by atoms with Gasteiger partial charge in [-0.1, -0.05) is 31.2 Å². The summed E-state index contributed by atoms with van der Waals surface area (Å²) in [5, 5.41) is 2.80. The van der Waals surface area contributed by atoms with Crippen LogP contribution in [0.25, 0.3) is 0 Å². The molecule has 0 bridgehead atoms. The van der Waals surface area contributed by atoms with E-state index in [1.165, 1.54) is 17.7 Å². The number of rotatable bonds is 7. The maximum Gasteiger partial charge on any atom is 0.241 e. The van der Waals surface area contributed by atoms with E-state index in [2.05, 4.69) is 12.2 Å². The molecule has 0 saturated heterocycles. The minimum Gasteiger partial charge on any atom is -0.348 e. The van der Waals surface area contributed by atoms with Gasteiger partial charge in [-0.3, -0.25) is 9.10 Å². The highest BCUT2D eigenvalue weighted by Crippen LogP contribution is 2.18. The van der Waals surface area contributed by atoms with Gasteiger partial charge < -0.3 is 5.32 Å². The van der Waals surface area contributed by atoms with E-state index in [1.807, 2.05) is 31.2 Å². The van der Waals surface area contributed by atoms with Crippen molar-refractivity contribution in [3.05, 3.63) is 65.5 Å². The van der Waals surface area contributed by atoms with Crippen LogP contribution < -0.4 is 9.62 Å². The minimum absolute atomic E-state index is 0.240. The first kappa shape index (κ1) is 19.9. The van der Waals surface area contributed by atoms with Gasteiger partial charge in [0.2, 0.25) is 15.9 Å². The molecule has 0 radical (unpaired) electrons. The monoisotopic (exact) mass is 378 g/mol. The molecule has 2 aromatic carbocycles. The van der Waals surface area contributed by atoms with Gasteiger partial charge in [-0.2, -0.15) is 0 Å². The van der Waals surface area contributed by atoms with Crippen molar-refractivity contribution in [2.75, 3.05) is 17.1 Å². The topological polar surface area (TPSA) is 66.5 Å². The zero-order valence-electron chi connectivity index (χ0n) is 15.1. The average molecular weight is 378 g/mol.